The maximum atomic E-state index is 11.0. The van der Waals surface area contributed by atoms with E-state index in [4.69, 9.17) is 13.3 Å². The van der Waals surface area contributed by atoms with Gasteiger partial charge in [0.05, 0.1) is 5.56 Å². The van der Waals surface area contributed by atoms with E-state index in [0.717, 1.165) is 9.64 Å². The summed E-state index contributed by atoms with van der Waals surface area (Å²) in [5.41, 5.74) is 0.324. The van der Waals surface area contributed by atoms with Gasteiger partial charge in [0.2, 0.25) is 0 Å². The van der Waals surface area contributed by atoms with E-state index in [1.807, 2.05) is 0 Å². The molecule has 1 amide bonds. The van der Waals surface area contributed by atoms with E-state index >= 15 is 0 Å². The number of aromatic hydroxyl groups is 1. The molecule has 0 spiro atoms. The third kappa shape index (κ3) is 6.91. The Bertz CT molecular complexity index is 817. The van der Waals surface area contributed by atoms with Crippen LogP contribution in [0.3, 0.4) is 0 Å². The van der Waals surface area contributed by atoms with Gasteiger partial charge in [-0.2, -0.15) is 0 Å². The number of carbonyl (C=O) groups is 2. The molecule has 0 aliphatic carbocycles. The number of carboxylic acids is 1. The molecule has 0 heterocycles. The molecule has 0 aliphatic rings. The van der Waals surface area contributed by atoms with Crippen LogP contribution < -0.4 is 9.67 Å². The van der Waals surface area contributed by atoms with Crippen LogP contribution in [0.5, 0.6) is 5.75 Å². The monoisotopic (exact) mass is 523 g/mol. The molecule has 0 radical (unpaired) electrons. The predicted molar refractivity (Wildman–Crippen MR) is 99.0 cm³/mol. The zero-order chi connectivity index (χ0) is 19.2. The van der Waals surface area contributed by atoms with Crippen LogP contribution in [0, 0.1) is 3.57 Å². The molecule has 8 nitrogen and oxygen atoms in total. The van der Waals surface area contributed by atoms with Crippen molar-refractivity contribution in [3.8, 4) is 5.75 Å². The third-order valence-electron chi connectivity index (χ3n) is 2.73. The van der Waals surface area contributed by atoms with E-state index in [2.05, 4.69) is 27.9 Å². The van der Waals surface area contributed by atoms with Crippen molar-refractivity contribution in [1.82, 2.24) is 0 Å². The number of rotatable bonds is 3. The molecule has 5 N–H and O–H groups in total. The summed E-state index contributed by atoms with van der Waals surface area (Å²) >= 11 is -3.02. The van der Waals surface area contributed by atoms with Crippen LogP contribution in [0.4, 0.5) is 5.69 Å². The molecule has 0 bridgehead atoms. The number of carbonyl (C=O) groups excluding carboxylic acids is 1. The normalized spacial score (nSPS) is 10.4. The van der Waals surface area contributed by atoms with Crippen LogP contribution in [-0.2, 0) is 8.53 Å². The summed E-state index contributed by atoms with van der Waals surface area (Å²) in [6.07, 6.45) is 0. The molecule has 0 saturated carbocycles. The number of halogens is 1. The van der Waals surface area contributed by atoms with Crippen molar-refractivity contribution in [3.05, 3.63) is 51.6 Å². The molecule has 2 aromatic carbocycles. The Kier molecular flexibility index (Phi) is 7.68. The predicted octanol–water partition coefficient (Wildman–Crippen LogP) is 0.901. The number of hydrogen-bond acceptors (Lipinski definition) is 4. The first kappa shape index (κ1) is 21.2. The number of anilines is 1. The van der Waals surface area contributed by atoms with Crippen molar-refractivity contribution in [1.29, 1.82) is 0 Å². The molecule has 2 aromatic rings. The largest absolute Gasteiger partial charge is 0.478 e. The summed E-state index contributed by atoms with van der Waals surface area (Å²) in [6.45, 7) is 1.23. The van der Waals surface area contributed by atoms with Gasteiger partial charge in [0.25, 0.3) is 0 Å². The zero-order valence-corrected chi connectivity index (χ0v) is 16.9. The summed E-state index contributed by atoms with van der Waals surface area (Å²) in [6, 6.07) is 10.5. The van der Waals surface area contributed by atoms with Gasteiger partial charge in [-0.25, -0.2) is 4.79 Å². The number of aromatic carboxylic acids is 1. The van der Waals surface area contributed by atoms with Crippen molar-refractivity contribution in [3.63, 3.8) is 0 Å². The molecular weight excluding hydrogens is 508 g/mol. The van der Waals surface area contributed by atoms with Crippen molar-refractivity contribution in [2.45, 2.75) is 6.92 Å². The minimum absolute atomic E-state index is 0.00951. The Morgan fingerprint density at radius 2 is 1.64 bits per heavy atom. The number of hydrogen-bond donors (Lipinski definition) is 5. The van der Waals surface area contributed by atoms with Crippen molar-refractivity contribution < 1.29 is 31.7 Å². The van der Waals surface area contributed by atoms with Gasteiger partial charge in [-0.1, -0.05) is 0 Å². The molecule has 0 aliphatic heterocycles. The van der Waals surface area contributed by atoms with Gasteiger partial charge in [-0.15, -0.1) is 0 Å². The Balaban J connectivity index is 0.000000271. The second-order valence-electron chi connectivity index (χ2n) is 4.71. The molecule has 0 saturated heterocycles. The number of carboxylic acid groups (broad SMARTS) is 1. The molecule has 0 aromatic heterocycles. The Morgan fingerprint density at radius 3 is 2.08 bits per heavy atom. The molecule has 0 fully saturated rings. The minimum Gasteiger partial charge on any atom is -0.478 e. The van der Waals surface area contributed by atoms with Crippen molar-refractivity contribution in [2.24, 2.45) is 0 Å². The van der Waals surface area contributed by atoms with Crippen LogP contribution >= 0.6 is 22.6 Å². The smallest absolute Gasteiger partial charge is 0.335 e. The quantitative estimate of drug-likeness (QED) is 0.229. The second kappa shape index (κ2) is 9.04. The Morgan fingerprint density at radius 1 is 1.08 bits per heavy atom. The molecule has 25 heavy (non-hydrogen) atoms. The van der Waals surface area contributed by atoms with Gasteiger partial charge in [-0.3, -0.25) is 0 Å². The summed E-state index contributed by atoms with van der Waals surface area (Å²) in [7, 11) is 0. The Hall–Kier alpha value is -1.81. The summed E-state index contributed by atoms with van der Waals surface area (Å²) in [5, 5.41) is 20.2. The van der Waals surface area contributed by atoms with E-state index in [1.54, 1.807) is 24.3 Å². The number of phenols is 1. The van der Waals surface area contributed by atoms with Crippen LogP contribution in [0.1, 0.15) is 17.3 Å². The molecular formula is C15H15AsINO7. The zero-order valence-electron chi connectivity index (χ0n) is 12.9. The minimum atomic E-state index is -5.15. The summed E-state index contributed by atoms with van der Waals surface area (Å²) in [5.74, 6) is -1.89. The van der Waals surface area contributed by atoms with Crippen molar-refractivity contribution in [2.75, 3.05) is 5.32 Å². The fraction of sp³-hybridized carbons (Fsp3) is 0.0667. The van der Waals surface area contributed by atoms with Gasteiger partial charge in [0.15, 0.2) is 0 Å². The van der Waals surface area contributed by atoms with Crippen LogP contribution in [0.15, 0.2) is 42.5 Å². The molecule has 0 unspecified atom stereocenters. The third-order valence-corrected chi connectivity index (χ3v) is 5.52. The van der Waals surface area contributed by atoms with Gasteiger partial charge in [0.1, 0.15) is 0 Å². The molecule has 134 valence electrons. The van der Waals surface area contributed by atoms with E-state index in [-0.39, 0.29) is 5.69 Å². The maximum absolute atomic E-state index is 11.0. The SMILES string of the molecule is CC(=O)Nc1cccc([As](=O)(O)O)c1O.O=C(O)c1ccc(I)cc1. The number of nitrogens with one attached hydrogen (secondary N) is 1. The average molecular weight is 523 g/mol. The second-order valence-corrected chi connectivity index (χ2v) is 9.25. The van der Waals surface area contributed by atoms with Crippen LogP contribution in [-0.4, -0.2) is 44.5 Å². The average Bonchev–Trinajstić information content (AvgIpc) is 2.49. The number of benzene rings is 2. The fourth-order valence-electron chi connectivity index (χ4n) is 1.65. The van der Waals surface area contributed by atoms with E-state index in [9.17, 15) is 18.4 Å². The topological polar surface area (TPSA) is 144 Å². The van der Waals surface area contributed by atoms with Crippen LogP contribution in [0.2, 0.25) is 0 Å². The number of phenolic OH excluding ortho intramolecular Hbond substituents is 1. The summed E-state index contributed by atoms with van der Waals surface area (Å²) in [4.78, 5) is 21.0. The van der Waals surface area contributed by atoms with E-state index in [1.165, 1.54) is 19.1 Å². The van der Waals surface area contributed by atoms with Gasteiger partial charge in [0, 0.05) is 3.57 Å². The van der Waals surface area contributed by atoms with Crippen LogP contribution in [0.25, 0.3) is 0 Å². The standard InChI is InChI=1S/C8H10AsNO5.C7H5IO2/c1-5(11)10-7-4-2-3-6(8(7)12)9(13,14)15;8-6-3-1-5(2-4-6)7(9)10/h2-4,12H,1H3,(H,10,11)(H2,13,14,15);1-4H,(H,9,10). The molecule has 10 heteroatoms. The Labute approximate surface area is 159 Å². The van der Waals surface area contributed by atoms with E-state index in [0.29, 0.717) is 5.56 Å². The molecule has 2 rings (SSSR count). The first-order valence-electron chi connectivity index (χ1n) is 6.67. The molecule has 0 atom stereocenters. The first-order chi connectivity index (χ1) is 11.5. The van der Waals surface area contributed by atoms with Crippen molar-refractivity contribution >= 4 is 58.7 Å². The van der Waals surface area contributed by atoms with Gasteiger partial charge < -0.3 is 5.11 Å². The number of para-hydroxylation sites is 1. The maximum Gasteiger partial charge on any atom is 0.335 e. The van der Waals surface area contributed by atoms with Gasteiger partial charge in [-0.05, 0) is 46.9 Å². The number of amides is 1. The fourth-order valence-corrected chi connectivity index (χ4v) is 3.43. The van der Waals surface area contributed by atoms with Gasteiger partial charge >= 0.3 is 94.1 Å². The summed E-state index contributed by atoms with van der Waals surface area (Å²) < 4.78 is 29.4. The van der Waals surface area contributed by atoms with E-state index < -0.39 is 36.1 Å². The first-order valence-corrected chi connectivity index (χ1v) is 11.1.